The maximum Gasteiger partial charge on any atom is 0.259 e. The lowest BCUT2D eigenvalue weighted by atomic mass is 9.96. The molecule has 0 atom stereocenters. The molecule has 0 spiro atoms. The van der Waals surface area contributed by atoms with Crippen molar-refractivity contribution in [1.82, 2.24) is 15.2 Å². The normalized spacial score (nSPS) is 14.7. The molecular weight excluding hydrogens is 370 g/mol. The molecule has 3 aromatic rings. The quantitative estimate of drug-likeness (QED) is 0.670. The van der Waals surface area contributed by atoms with Gasteiger partial charge in [-0.25, -0.2) is 4.98 Å². The zero-order valence-electron chi connectivity index (χ0n) is 13.8. The number of hydrogen-bond acceptors (Lipinski definition) is 6. The van der Waals surface area contributed by atoms with Gasteiger partial charge in [0.1, 0.15) is 11.3 Å². The minimum absolute atomic E-state index is 0.125. The first-order valence-corrected chi connectivity index (χ1v) is 9.44. The van der Waals surface area contributed by atoms with Crippen LogP contribution in [0.25, 0.3) is 0 Å². The fourth-order valence-corrected chi connectivity index (χ4v) is 3.46. The van der Waals surface area contributed by atoms with Crippen molar-refractivity contribution >= 4 is 39.8 Å². The SMILES string of the molecule is O=C(Nc1nncs1)c1ccc(NCC2(c3cccc(Cl)c3)CC2)nc1. The molecule has 8 heteroatoms. The fraction of sp³-hybridized carbons (Fsp3) is 0.222. The van der Waals surface area contributed by atoms with Crippen molar-refractivity contribution in [2.24, 2.45) is 0 Å². The van der Waals surface area contributed by atoms with E-state index < -0.39 is 0 Å². The van der Waals surface area contributed by atoms with Crippen LogP contribution in [0.3, 0.4) is 0 Å². The zero-order chi connectivity index (χ0) is 18.0. The van der Waals surface area contributed by atoms with E-state index in [9.17, 15) is 4.79 Å². The lowest BCUT2D eigenvalue weighted by Crippen LogP contribution is -2.20. The molecule has 2 aromatic heterocycles. The largest absolute Gasteiger partial charge is 0.369 e. The molecule has 1 aromatic carbocycles. The summed E-state index contributed by atoms with van der Waals surface area (Å²) in [5.41, 5.74) is 3.42. The molecule has 0 aliphatic heterocycles. The lowest BCUT2D eigenvalue weighted by Gasteiger charge is -2.17. The summed E-state index contributed by atoms with van der Waals surface area (Å²) < 4.78 is 0. The zero-order valence-corrected chi connectivity index (χ0v) is 15.3. The van der Waals surface area contributed by atoms with Gasteiger partial charge in [-0.3, -0.25) is 10.1 Å². The summed E-state index contributed by atoms with van der Waals surface area (Å²) in [6.45, 7) is 0.788. The molecule has 4 rings (SSSR count). The van der Waals surface area contributed by atoms with E-state index in [-0.39, 0.29) is 11.3 Å². The third-order valence-electron chi connectivity index (χ3n) is 4.50. The van der Waals surface area contributed by atoms with Gasteiger partial charge in [0.2, 0.25) is 5.13 Å². The Bertz CT molecular complexity index is 910. The topological polar surface area (TPSA) is 79.8 Å². The summed E-state index contributed by atoms with van der Waals surface area (Å²) in [4.78, 5) is 16.5. The highest BCUT2D eigenvalue weighted by molar-refractivity contribution is 7.13. The summed E-state index contributed by atoms with van der Waals surface area (Å²) in [6, 6.07) is 11.6. The standard InChI is InChI=1S/C18H16ClN5OS/c19-14-3-1-2-13(8-14)18(6-7-18)10-21-15-5-4-12(9-20-15)16(25)23-17-24-22-11-26-17/h1-5,8-9,11H,6-7,10H2,(H,20,21)(H,23,24,25). The molecule has 1 fully saturated rings. The number of rotatable bonds is 6. The second-order valence-corrected chi connectivity index (χ2v) is 7.54. The van der Waals surface area contributed by atoms with E-state index in [1.54, 1.807) is 17.8 Å². The summed E-state index contributed by atoms with van der Waals surface area (Å²) in [5, 5.41) is 14.8. The Labute approximate surface area is 159 Å². The lowest BCUT2D eigenvalue weighted by molar-refractivity contribution is 0.102. The third kappa shape index (κ3) is 3.68. The van der Waals surface area contributed by atoms with Crippen molar-refractivity contribution in [3.8, 4) is 0 Å². The Morgan fingerprint density at radius 1 is 1.27 bits per heavy atom. The van der Waals surface area contributed by atoms with Crippen LogP contribution in [0.2, 0.25) is 5.02 Å². The van der Waals surface area contributed by atoms with Gasteiger partial charge >= 0.3 is 0 Å². The van der Waals surface area contributed by atoms with E-state index >= 15 is 0 Å². The predicted molar refractivity (Wildman–Crippen MR) is 103 cm³/mol. The smallest absolute Gasteiger partial charge is 0.259 e. The number of carbonyl (C=O) groups excluding carboxylic acids is 1. The van der Waals surface area contributed by atoms with Crippen LogP contribution in [0.15, 0.2) is 48.1 Å². The molecule has 6 nitrogen and oxygen atoms in total. The first-order chi connectivity index (χ1) is 12.6. The van der Waals surface area contributed by atoms with Crippen molar-refractivity contribution in [3.05, 3.63) is 64.3 Å². The molecule has 0 unspecified atom stereocenters. The number of amides is 1. The summed E-state index contributed by atoms with van der Waals surface area (Å²) in [5.74, 6) is 0.490. The Morgan fingerprint density at radius 2 is 2.15 bits per heavy atom. The number of nitrogens with zero attached hydrogens (tertiary/aromatic N) is 3. The number of pyridine rings is 1. The highest BCUT2D eigenvalue weighted by Crippen LogP contribution is 2.48. The summed E-state index contributed by atoms with van der Waals surface area (Å²) in [6.07, 6.45) is 3.81. The average Bonchev–Trinajstić information content (AvgIpc) is 3.29. The minimum atomic E-state index is -0.251. The van der Waals surface area contributed by atoms with E-state index in [1.807, 2.05) is 24.3 Å². The third-order valence-corrected chi connectivity index (χ3v) is 5.35. The van der Waals surface area contributed by atoms with Gasteiger partial charge in [0.05, 0.1) is 5.56 Å². The van der Waals surface area contributed by atoms with Crippen molar-refractivity contribution in [3.63, 3.8) is 0 Å². The van der Waals surface area contributed by atoms with Gasteiger partial charge in [-0.2, -0.15) is 0 Å². The number of hydrogen-bond donors (Lipinski definition) is 2. The molecule has 1 saturated carbocycles. The van der Waals surface area contributed by atoms with Gasteiger partial charge < -0.3 is 5.32 Å². The van der Waals surface area contributed by atoms with E-state index in [0.29, 0.717) is 10.7 Å². The van der Waals surface area contributed by atoms with Crippen LogP contribution in [-0.4, -0.2) is 27.6 Å². The van der Waals surface area contributed by atoms with Crippen molar-refractivity contribution in [1.29, 1.82) is 0 Å². The number of nitrogens with one attached hydrogen (secondary N) is 2. The molecule has 26 heavy (non-hydrogen) atoms. The van der Waals surface area contributed by atoms with E-state index in [1.165, 1.54) is 16.9 Å². The van der Waals surface area contributed by atoms with Crippen molar-refractivity contribution in [2.45, 2.75) is 18.3 Å². The van der Waals surface area contributed by atoms with Crippen LogP contribution in [0.1, 0.15) is 28.8 Å². The Kier molecular flexibility index (Phi) is 4.57. The number of aromatic nitrogens is 3. The average molecular weight is 386 g/mol. The molecule has 132 valence electrons. The molecule has 0 radical (unpaired) electrons. The van der Waals surface area contributed by atoms with Crippen molar-refractivity contribution < 1.29 is 4.79 Å². The maximum atomic E-state index is 12.1. The molecular formula is C18H16ClN5OS. The molecule has 0 bridgehead atoms. The minimum Gasteiger partial charge on any atom is -0.369 e. The van der Waals surface area contributed by atoms with Gasteiger partial charge in [0, 0.05) is 23.2 Å². The van der Waals surface area contributed by atoms with Gasteiger partial charge in [0.15, 0.2) is 0 Å². The first kappa shape index (κ1) is 16.9. The summed E-state index contributed by atoms with van der Waals surface area (Å²) in [7, 11) is 0. The van der Waals surface area contributed by atoms with E-state index in [0.717, 1.165) is 30.2 Å². The Hall–Kier alpha value is -2.51. The van der Waals surface area contributed by atoms with Gasteiger partial charge in [-0.15, -0.1) is 10.2 Å². The van der Waals surface area contributed by atoms with Crippen LogP contribution >= 0.6 is 22.9 Å². The highest BCUT2D eigenvalue weighted by Gasteiger charge is 2.44. The van der Waals surface area contributed by atoms with Crippen LogP contribution in [0.5, 0.6) is 0 Å². The second kappa shape index (κ2) is 7.01. The molecule has 1 aliphatic carbocycles. The van der Waals surface area contributed by atoms with Crippen molar-refractivity contribution in [2.75, 3.05) is 17.2 Å². The Balaban J connectivity index is 1.38. The van der Waals surface area contributed by atoms with Gasteiger partial charge in [0.25, 0.3) is 5.91 Å². The van der Waals surface area contributed by atoms with Gasteiger partial charge in [-0.05, 0) is 42.7 Å². The first-order valence-electron chi connectivity index (χ1n) is 8.18. The highest BCUT2D eigenvalue weighted by atomic mass is 35.5. The number of anilines is 2. The fourth-order valence-electron chi connectivity index (χ4n) is 2.83. The van der Waals surface area contributed by atoms with Crippen LogP contribution in [0.4, 0.5) is 10.9 Å². The van der Waals surface area contributed by atoms with Crippen LogP contribution < -0.4 is 10.6 Å². The van der Waals surface area contributed by atoms with E-state index in [4.69, 9.17) is 11.6 Å². The van der Waals surface area contributed by atoms with E-state index in [2.05, 4.69) is 31.9 Å². The Morgan fingerprint density at radius 3 is 2.81 bits per heavy atom. The number of halogens is 1. The second-order valence-electron chi connectivity index (χ2n) is 6.27. The van der Waals surface area contributed by atoms with Crippen LogP contribution in [-0.2, 0) is 5.41 Å². The molecule has 2 heterocycles. The predicted octanol–water partition coefficient (Wildman–Crippen LogP) is 3.98. The van der Waals surface area contributed by atoms with Crippen LogP contribution in [0, 0.1) is 0 Å². The molecule has 1 aliphatic rings. The number of benzene rings is 1. The molecule has 1 amide bonds. The van der Waals surface area contributed by atoms with Gasteiger partial charge in [-0.1, -0.05) is 35.1 Å². The monoisotopic (exact) mass is 385 g/mol. The molecule has 0 saturated heterocycles. The molecule has 2 N–H and O–H groups in total. The maximum absolute atomic E-state index is 12.1. The summed E-state index contributed by atoms with van der Waals surface area (Å²) >= 11 is 7.38. The number of carbonyl (C=O) groups is 1.